The molecule has 0 amide bonds. The highest BCUT2D eigenvalue weighted by molar-refractivity contribution is 7.89. The van der Waals surface area contributed by atoms with Gasteiger partial charge in [0, 0.05) is 51.5 Å². The first-order valence-corrected chi connectivity index (χ1v) is 11.5. The van der Waals surface area contributed by atoms with E-state index in [1.165, 1.54) is 0 Å². The van der Waals surface area contributed by atoms with Gasteiger partial charge in [-0.1, -0.05) is 6.92 Å². The predicted molar refractivity (Wildman–Crippen MR) is 113 cm³/mol. The largest absolute Gasteiger partial charge is 0.354 e. The van der Waals surface area contributed by atoms with E-state index in [0.717, 1.165) is 24.4 Å². The van der Waals surface area contributed by atoms with Crippen molar-refractivity contribution < 1.29 is 8.42 Å². The van der Waals surface area contributed by atoms with Gasteiger partial charge in [-0.2, -0.15) is 5.10 Å². The summed E-state index contributed by atoms with van der Waals surface area (Å²) in [7, 11) is 4.65. The molecule has 1 saturated heterocycles. The number of sulfonamides is 1. The fourth-order valence-electron chi connectivity index (χ4n) is 3.46. The van der Waals surface area contributed by atoms with Crippen molar-refractivity contribution in [2.75, 3.05) is 46.5 Å². The SMILES string of the molecule is CCCS(=O)(=O)N1CCC(NC(=NC)NCC(c2cnn(C)c2)N(C)C)CC1. The molecule has 1 atom stereocenters. The Morgan fingerprint density at radius 2 is 2.07 bits per heavy atom. The molecule has 10 heteroatoms. The molecule has 1 aliphatic heterocycles. The van der Waals surface area contributed by atoms with Crippen molar-refractivity contribution in [1.29, 1.82) is 0 Å². The summed E-state index contributed by atoms with van der Waals surface area (Å²) in [5.74, 6) is 0.972. The van der Waals surface area contributed by atoms with E-state index in [9.17, 15) is 8.42 Å². The quantitative estimate of drug-likeness (QED) is 0.473. The average molecular weight is 414 g/mol. The normalized spacial score (nSPS) is 18.4. The van der Waals surface area contributed by atoms with Gasteiger partial charge < -0.3 is 15.5 Å². The maximum atomic E-state index is 12.2. The van der Waals surface area contributed by atoms with Gasteiger partial charge in [-0.15, -0.1) is 0 Å². The monoisotopic (exact) mass is 413 g/mol. The highest BCUT2D eigenvalue weighted by atomic mass is 32.2. The van der Waals surface area contributed by atoms with Crippen LogP contribution in [0.3, 0.4) is 0 Å². The number of nitrogens with zero attached hydrogens (tertiary/aromatic N) is 5. The maximum Gasteiger partial charge on any atom is 0.214 e. The van der Waals surface area contributed by atoms with Crippen molar-refractivity contribution in [2.24, 2.45) is 12.0 Å². The van der Waals surface area contributed by atoms with Crippen molar-refractivity contribution in [2.45, 2.75) is 38.3 Å². The highest BCUT2D eigenvalue weighted by Crippen LogP contribution is 2.17. The molecule has 0 aromatic carbocycles. The van der Waals surface area contributed by atoms with Crippen LogP contribution in [0.15, 0.2) is 17.4 Å². The molecular weight excluding hydrogens is 378 g/mol. The Balaban J connectivity index is 1.86. The van der Waals surface area contributed by atoms with Crippen molar-refractivity contribution in [3.63, 3.8) is 0 Å². The third kappa shape index (κ3) is 6.18. The van der Waals surface area contributed by atoms with Gasteiger partial charge in [0.1, 0.15) is 0 Å². The molecule has 28 heavy (non-hydrogen) atoms. The molecule has 2 heterocycles. The molecule has 2 N–H and O–H groups in total. The van der Waals surface area contributed by atoms with Gasteiger partial charge in [0.15, 0.2) is 5.96 Å². The Bertz CT molecular complexity index is 737. The summed E-state index contributed by atoms with van der Waals surface area (Å²) in [5.41, 5.74) is 1.14. The van der Waals surface area contributed by atoms with Gasteiger partial charge in [-0.05, 0) is 33.4 Å². The lowest BCUT2D eigenvalue weighted by molar-refractivity contribution is 0.293. The van der Waals surface area contributed by atoms with Gasteiger partial charge in [0.25, 0.3) is 0 Å². The molecular formula is C18H35N7O2S. The Morgan fingerprint density at radius 3 is 2.57 bits per heavy atom. The zero-order valence-electron chi connectivity index (χ0n) is 17.7. The number of aromatic nitrogens is 2. The molecule has 0 aliphatic carbocycles. The summed E-state index contributed by atoms with van der Waals surface area (Å²) in [5, 5.41) is 11.1. The molecule has 1 fully saturated rings. The van der Waals surface area contributed by atoms with Crippen LogP contribution in [0, 0.1) is 0 Å². The minimum Gasteiger partial charge on any atom is -0.354 e. The van der Waals surface area contributed by atoms with E-state index in [2.05, 4.69) is 25.6 Å². The third-order valence-electron chi connectivity index (χ3n) is 5.07. The number of aliphatic imine (C=N–C) groups is 1. The van der Waals surface area contributed by atoms with E-state index in [0.29, 0.717) is 26.1 Å². The molecule has 0 saturated carbocycles. The van der Waals surface area contributed by atoms with E-state index >= 15 is 0 Å². The van der Waals surface area contributed by atoms with Gasteiger partial charge in [-0.3, -0.25) is 9.67 Å². The molecule has 0 spiro atoms. The van der Waals surface area contributed by atoms with E-state index in [-0.39, 0.29) is 17.8 Å². The van der Waals surface area contributed by atoms with Crippen LogP contribution >= 0.6 is 0 Å². The molecule has 0 radical (unpaired) electrons. The number of hydrogen-bond donors (Lipinski definition) is 2. The van der Waals surface area contributed by atoms with E-state index in [1.807, 2.05) is 40.5 Å². The zero-order valence-corrected chi connectivity index (χ0v) is 18.5. The fourth-order valence-corrected chi connectivity index (χ4v) is 5.00. The smallest absolute Gasteiger partial charge is 0.214 e. The molecule has 1 aliphatic rings. The molecule has 9 nitrogen and oxygen atoms in total. The third-order valence-corrected chi connectivity index (χ3v) is 7.15. The minimum atomic E-state index is -3.10. The number of guanidine groups is 1. The maximum absolute atomic E-state index is 12.2. The number of likely N-dealkylation sites (N-methyl/N-ethyl adjacent to an activating group) is 1. The van der Waals surface area contributed by atoms with Crippen molar-refractivity contribution in [3.8, 4) is 0 Å². The van der Waals surface area contributed by atoms with E-state index < -0.39 is 10.0 Å². The van der Waals surface area contributed by atoms with Crippen LogP contribution in [0.25, 0.3) is 0 Å². The molecule has 1 aromatic rings. The summed E-state index contributed by atoms with van der Waals surface area (Å²) in [6.07, 6.45) is 6.12. The standard InChI is InChI=1S/C18H35N7O2S/c1-6-11-28(26,27)25-9-7-16(8-10-25)22-18(19-2)20-13-17(23(3)4)15-12-21-24(5)14-15/h12,14,16-17H,6-11,13H2,1-5H3,(H2,19,20,22). The van der Waals surface area contributed by atoms with Gasteiger partial charge in [0.05, 0.1) is 18.0 Å². The topological polar surface area (TPSA) is 94.9 Å². The molecule has 1 unspecified atom stereocenters. The molecule has 2 rings (SSSR count). The first kappa shape index (κ1) is 22.6. The number of nitrogens with one attached hydrogen (secondary N) is 2. The van der Waals surface area contributed by atoms with Crippen LogP contribution in [0.5, 0.6) is 0 Å². The number of piperidine rings is 1. The van der Waals surface area contributed by atoms with Crippen LogP contribution in [0.1, 0.15) is 37.8 Å². The highest BCUT2D eigenvalue weighted by Gasteiger charge is 2.27. The summed E-state index contributed by atoms with van der Waals surface area (Å²) < 4.78 is 27.8. The summed E-state index contributed by atoms with van der Waals surface area (Å²) >= 11 is 0. The van der Waals surface area contributed by atoms with Crippen LogP contribution in [-0.2, 0) is 17.1 Å². The molecule has 160 valence electrons. The van der Waals surface area contributed by atoms with Crippen molar-refractivity contribution in [3.05, 3.63) is 18.0 Å². The Kier molecular flexibility index (Phi) is 8.26. The minimum absolute atomic E-state index is 0.174. The first-order valence-electron chi connectivity index (χ1n) is 9.86. The van der Waals surface area contributed by atoms with Crippen LogP contribution < -0.4 is 10.6 Å². The van der Waals surface area contributed by atoms with Crippen LogP contribution in [-0.4, -0.2) is 85.9 Å². The second kappa shape index (κ2) is 10.2. The number of aryl methyl sites for hydroxylation is 1. The van der Waals surface area contributed by atoms with E-state index in [1.54, 1.807) is 16.0 Å². The predicted octanol–water partition coefficient (Wildman–Crippen LogP) is 0.392. The second-order valence-corrected chi connectivity index (χ2v) is 9.60. The Labute approximate surface area is 169 Å². The number of rotatable bonds is 8. The van der Waals surface area contributed by atoms with Gasteiger partial charge in [0.2, 0.25) is 10.0 Å². The van der Waals surface area contributed by atoms with Crippen LogP contribution in [0.4, 0.5) is 0 Å². The van der Waals surface area contributed by atoms with Crippen LogP contribution in [0.2, 0.25) is 0 Å². The average Bonchev–Trinajstić information content (AvgIpc) is 3.07. The fraction of sp³-hybridized carbons (Fsp3) is 0.778. The molecule has 0 bridgehead atoms. The summed E-state index contributed by atoms with van der Waals surface area (Å²) in [4.78, 5) is 6.48. The Morgan fingerprint density at radius 1 is 1.39 bits per heavy atom. The summed E-state index contributed by atoms with van der Waals surface area (Å²) in [6.45, 7) is 3.72. The first-order chi connectivity index (χ1) is 13.3. The molecule has 1 aromatic heterocycles. The number of hydrogen-bond acceptors (Lipinski definition) is 5. The lowest BCUT2D eigenvalue weighted by Crippen LogP contribution is -2.50. The van der Waals surface area contributed by atoms with E-state index in [4.69, 9.17) is 0 Å². The lowest BCUT2D eigenvalue weighted by atomic mass is 10.1. The zero-order chi connectivity index (χ0) is 20.7. The Hall–Kier alpha value is -1.65. The van der Waals surface area contributed by atoms with Crippen molar-refractivity contribution in [1.82, 2.24) is 29.6 Å². The summed E-state index contributed by atoms with van der Waals surface area (Å²) in [6, 6.07) is 0.392. The lowest BCUT2D eigenvalue weighted by Gasteiger charge is -2.32. The second-order valence-electron chi connectivity index (χ2n) is 7.51. The van der Waals surface area contributed by atoms with Crippen molar-refractivity contribution >= 4 is 16.0 Å². The van der Waals surface area contributed by atoms with Gasteiger partial charge >= 0.3 is 0 Å². The van der Waals surface area contributed by atoms with Gasteiger partial charge in [-0.25, -0.2) is 12.7 Å².